The fourth-order valence-corrected chi connectivity index (χ4v) is 5.10. The second kappa shape index (κ2) is 14.9. The summed E-state index contributed by atoms with van der Waals surface area (Å²) in [7, 11) is 6.25. The molecule has 1 heterocycles. The molecule has 0 aliphatic carbocycles. The summed E-state index contributed by atoms with van der Waals surface area (Å²) in [5, 5.41) is 10.5. The molecule has 2 atom stereocenters. The van der Waals surface area contributed by atoms with Crippen molar-refractivity contribution in [2.24, 2.45) is 0 Å². The highest BCUT2D eigenvalue weighted by atomic mass is 19.1. The zero-order valence-electron chi connectivity index (χ0n) is 25.4. The Bertz CT molecular complexity index is 1470. The summed E-state index contributed by atoms with van der Waals surface area (Å²) in [5.74, 6) is -0.231. The van der Waals surface area contributed by atoms with E-state index < -0.39 is 23.1 Å². The number of amides is 1. The Hall–Kier alpha value is -4.35. The van der Waals surface area contributed by atoms with E-state index in [-0.39, 0.29) is 23.5 Å². The van der Waals surface area contributed by atoms with Crippen LogP contribution in [-0.2, 0) is 11.2 Å². The summed E-state index contributed by atoms with van der Waals surface area (Å²) in [6.45, 7) is 2.90. The normalized spacial score (nSPS) is 16.2. The first-order valence-corrected chi connectivity index (χ1v) is 14.1. The molecule has 4 rings (SSSR count). The van der Waals surface area contributed by atoms with Crippen molar-refractivity contribution in [3.8, 4) is 28.7 Å². The molecule has 0 spiro atoms. The van der Waals surface area contributed by atoms with Gasteiger partial charge in [0, 0.05) is 23.7 Å². The molecular formula is C33H37F2NO8. The van der Waals surface area contributed by atoms with Crippen LogP contribution in [0.1, 0.15) is 58.8 Å². The van der Waals surface area contributed by atoms with E-state index >= 15 is 0 Å². The molecule has 3 aromatic carbocycles. The average Bonchev–Trinajstić information content (AvgIpc) is 3.53. The number of ether oxygens (including phenoxy) is 6. The lowest BCUT2D eigenvalue weighted by Gasteiger charge is -2.19. The maximum Gasteiger partial charge on any atom is 0.284 e. The number of benzene rings is 3. The van der Waals surface area contributed by atoms with Gasteiger partial charge in [0.05, 0.1) is 53.3 Å². The van der Waals surface area contributed by atoms with Crippen LogP contribution in [0.15, 0.2) is 54.7 Å². The molecular weight excluding hydrogens is 576 g/mol. The third kappa shape index (κ3) is 7.23. The number of rotatable bonds is 13. The van der Waals surface area contributed by atoms with Crippen LogP contribution < -0.4 is 23.7 Å². The van der Waals surface area contributed by atoms with E-state index in [0.29, 0.717) is 54.4 Å². The fraction of sp³-hybridized carbons (Fsp3) is 0.364. The third-order valence-electron chi connectivity index (χ3n) is 7.31. The molecule has 0 saturated carbocycles. The zero-order chi connectivity index (χ0) is 31.8. The first-order chi connectivity index (χ1) is 21.2. The Balaban J connectivity index is 1.58. The van der Waals surface area contributed by atoms with Crippen molar-refractivity contribution in [2.75, 3.05) is 41.7 Å². The summed E-state index contributed by atoms with van der Waals surface area (Å²) < 4.78 is 61.7. The number of hydrogen-bond donors (Lipinski definition) is 1. The predicted molar refractivity (Wildman–Crippen MR) is 158 cm³/mol. The minimum atomic E-state index is -1.07. The summed E-state index contributed by atoms with van der Waals surface area (Å²) in [6.07, 6.45) is 4.14. The number of allylic oxidation sites excluding steroid dienone is 1. The molecule has 0 bridgehead atoms. The monoisotopic (exact) mass is 613 g/mol. The van der Waals surface area contributed by atoms with Crippen molar-refractivity contribution in [2.45, 2.75) is 38.2 Å². The second-order valence-electron chi connectivity index (χ2n) is 10.1. The largest absolute Gasteiger partial charge is 0.493 e. The van der Waals surface area contributed by atoms with Crippen LogP contribution in [0, 0.1) is 11.6 Å². The molecule has 1 amide bonds. The highest BCUT2D eigenvalue weighted by molar-refractivity contribution is 5.94. The van der Waals surface area contributed by atoms with Crippen LogP contribution in [0.5, 0.6) is 28.7 Å². The van der Waals surface area contributed by atoms with Crippen molar-refractivity contribution < 1.29 is 47.2 Å². The lowest BCUT2D eigenvalue weighted by molar-refractivity contribution is -0.0207. The minimum Gasteiger partial charge on any atom is -0.493 e. The Labute approximate surface area is 255 Å². The number of nitrogens with zero attached hydrogens (tertiary/aromatic N) is 1. The van der Waals surface area contributed by atoms with E-state index in [9.17, 15) is 18.8 Å². The highest BCUT2D eigenvalue weighted by Gasteiger charge is 2.31. The van der Waals surface area contributed by atoms with Gasteiger partial charge < -0.3 is 28.4 Å². The van der Waals surface area contributed by atoms with E-state index in [2.05, 4.69) is 0 Å². The van der Waals surface area contributed by atoms with Crippen molar-refractivity contribution in [3.05, 3.63) is 88.6 Å². The van der Waals surface area contributed by atoms with Crippen molar-refractivity contribution in [1.82, 2.24) is 5.06 Å². The molecule has 44 heavy (non-hydrogen) atoms. The number of hydroxylamine groups is 2. The lowest BCUT2D eigenvalue weighted by Crippen LogP contribution is -2.22. The SMILES string of the molecule is CCCOc1c(CC=CN(O)C(=O)c2ccc(F)cc2F)cc(C2COC(c3cc(OC)c(OC)c(OC)c3)C2)cc1OC. The van der Waals surface area contributed by atoms with Gasteiger partial charge in [-0.2, -0.15) is 5.06 Å². The van der Waals surface area contributed by atoms with Crippen LogP contribution in [0.3, 0.4) is 0 Å². The topological polar surface area (TPSA) is 95.9 Å². The summed E-state index contributed by atoms with van der Waals surface area (Å²) in [5.41, 5.74) is 2.16. The molecule has 2 unspecified atom stereocenters. The first kappa shape index (κ1) is 32.6. The molecule has 0 radical (unpaired) electrons. The van der Waals surface area contributed by atoms with Crippen LogP contribution >= 0.6 is 0 Å². The molecule has 236 valence electrons. The third-order valence-corrected chi connectivity index (χ3v) is 7.31. The molecule has 1 aliphatic heterocycles. The van der Waals surface area contributed by atoms with Crippen molar-refractivity contribution in [1.29, 1.82) is 0 Å². The van der Waals surface area contributed by atoms with Gasteiger partial charge in [-0.25, -0.2) is 8.78 Å². The Morgan fingerprint density at radius 2 is 1.61 bits per heavy atom. The van der Waals surface area contributed by atoms with Crippen molar-refractivity contribution >= 4 is 5.91 Å². The van der Waals surface area contributed by atoms with Gasteiger partial charge in [-0.3, -0.25) is 10.0 Å². The van der Waals surface area contributed by atoms with Gasteiger partial charge >= 0.3 is 0 Å². The zero-order valence-corrected chi connectivity index (χ0v) is 25.4. The molecule has 1 aliphatic rings. The minimum absolute atomic E-state index is 0.0216. The van der Waals surface area contributed by atoms with E-state index in [4.69, 9.17) is 28.4 Å². The van der Waals surface area contributed by atoms with Gasteiger partial charge in [-0.1, -0.05) is 19.1 Å². The summed E-state index contributed by atoms with van der Waals surface area (Å²) >= 11 is 0. The number of methoxy groups -OCH3 is 4. The summed E-state index contributed by atoms with van der Waals surface area (Å²) in [4.78, 5) is 12.5. The smallest absolute Gasteiger partial charge is 0.284 e. The highest BCUT2D eigenvalue weighted by Crippen LogP contribution is 2.46. The number of carbonyl (C=O) groups excluding carboxylic acids is 1. The summed E-state index contributed by atoms with van der Waals surface area (Å²) in [6, 6.07) is 10.2. The van der Waals surface area contributed by atoms with Crippen LogP contribution in [0.2, 0.25) is 0 Å². The number of halogens is 2. The van der Waals surface area contributed by atoms with Gasteiger partial charge in [0.2, 0.25) is 5.75 Å². The quantitative estimate of drug-likeness (QED) is 0.170. The average molecular weight is 614 g/mol. The van der Waals surface area contributed by atoms with Gasteiger partial charge in [0.1, 0.15) is 11.6 Å². The molecule has 1 fully saturated rings. The van der Waals surface area contributed by atoms with E-state index in [0.717, 1.165) is 41.4 Å². The predicted octanol–water partition coefficient (Wildman–Crippen LogP) is 6.62. The van der Waals surface area contributed by atoms with E-state index in [1.165, 1.54) is 0 Å². The molecule has 3 aromatic rings. The standard InChI is InChI=1S/C33H37F2NO8/c1-6-12-43-31-20(8-7-11-36(38)33(37)25-10-9-24(34)18-26(25)35)13-21(14-28(31)39-2)23-17-27(44-19-23)22-15-29(40-3)32(42-5)30(16-22)41-4/h7,9-11,13-16,18,23,27,38H,6,8,12,17,19H2,1-5H3. The van der Waals surface area contributed by atoms with Crippen LogP contribution in [0.25, 0.3) is 0 Å². The lowest BCUT2D eigenvalue weighted by atomic mass is 9.91. The second-order valence-corrected chi connectivity index (χ2v) is 10.1. The van der Waals surface area contributed by atoms with Gasteiger partial charge in [0.15, 0.2) is 23.0 Å². The van der Waals surface area contributed by atoms with Gasteiger partial charge in [-0.05, 0) is 60.7 Å². The van der Waals surface area contributed by atoms with Gasteiger partial charge in [0.25, 0.3) is 5.91 Å². The first-order valence-electron chi connectivity index (χ1n) is 14.1. The van der Waals surface area contributed by atoms with E-state index in [1.807, 2.05) is 31.2 Å². The fourth-order valence-electron chi connectivity index (χ4n) is 5.10. The Kier molecular flexibility index (Phi) is 11.0. The number of hydrogen-bond acceptors (Lipinski definition) is 8. The number of carbonyl (C=O) groups is 1. The maximum absolute atomic E-state index is 14.1. The van der Waals surface area contributed by atoms with Crippen LogP contribution in [-0.4, -0.2) is 57.8 Å². The molecule has 1 N–H and O–H groups in total. The van der Waals surface area contributed by atoms with E-state index in [1.54, 1.807) is 34.5 Å². The molecule has 0 aromatic heterocycles. The van der Waals surface area contributed by atoms with Crippen molar-refractivity contribution in [3.63, 3.8) is 0 Å². The Morgan fingerprint density at radius 3 is 2.23 bits per heavy atom. The van der Waals surface area contributed by atoms with Crippen LogP contribution in [0.4, 0.5) is 8.78 Å². The van der Waals surface area contributed by atoms with Gasteiger partial charge in [-0.15, -0.1) is 0 Å². The Morgan fingerprint density at radius 1 is 0.955 bits per heavy atom. The molecule has 9 nitrogen and oxygen atoms in total. The molecule has 11 heteroatoms. The molecule has 1 saturated heterocycles. The maximum atomic E-state index is 14.1.